The lowest BCUT2D eigenvalue weighted by Gasteiger charge is -2.06. The van der Waals surface area contributed by atoms with E-state index in [1.807, 2.05) is 48.5 Å². The number of carbonyl (C=O) groups is 1. The van der Waals surface area contributed by atoms with Crippen LogP contribution in [0.5, 0.6) is 0 Å². The van der Waals surface area contributed by atoms with Crippen molar-refractivity contribution in [3.05, 3.63) is 102 Å². The first-order valence-electron chi connectivity index (χ1n) is 7.15. The maximum absolute atomic E-state index is 12.1. The lowest BCUT2D eigenvalue weighted by atomic mass is 10.0. The van der Waals surface area contributed by atoms with Crippen molar-refractivity contribution in [3.63, 3.8) is 0 Å². The summed E-state index contributed by atoms with van der Waals surface area (Å²) in [6, 6.07) is 22.0. The zero-order chi connectivity index (χ0) is 15.9. The summed E-state index contributed by atoms with van der Waals surface area (Å²) in [7, 11) is 0. The predicted molar refractivity (Wildman–Crippen MR) is 88.2 cm³/mol. The maximum Gasteiger partial charge on any atom is 0.365 e. The molecular formula is C19H14N2O2. The number of nitrogens with zero attached hydrogens (tertiary/aromatic N) is 2. The van der Waals surface area contributed by atoms with Gasteiger partial charge < -0.3 is 4.84 Å². The molecule has 0 aliphatic rings. The largest absolute Gasteiger partial charge is 0.365 e. The van der Waals surface area contributed by atoms with E-state index in [4.69, 9.17) is 4.84 Å². The van der Waals surface area contributed by atoms with Gasteiger partial charge in [0.2, 0.25) is 0 Å². The van der Waals surface area contributed by atoms with Crippen LogP contribution in [0.15, 0.2) is 90.3 Å². The normalized spacial score (nSPS) is 11.0. The number of aromatic nitrogens is 1. The average molecular weight is 302 g/mol. The van der Waals surface area contributed by atoms with Gasteiger partial charge >= 0.3 is 5.97 Å². The van der Waals surface area contributed by atoms with E-state index in [1.54, 1.807) is 36.7 Å². The molecule has 1 heterocycles. The number of carbonyl (C=O) groups excluding carboxylic acids is 1. The minimum atomic E-state index is -0.497. The van der Waals surface area contributed by atoms with Crippen LogP contribution in [-0.4, -0.2) is 16.7 Å². The van der Waals surface area contributed by atoms with Crippen LogP contribution in [0.25, 0.3) is 0 Å². The SMILES string of the molecule is O=C(O/N=C(\c1ccccc1)c1cccnc1)c1ccccc1. The standard InChI is InChI=1S/C19H14N2O2/c22-19(16-10-5-2-6-11-16)23-21-18(15-8-3-1-4-9-15)17-12-7-13-20-14-17/h1-14H/b21-18+. The highest BCUT2D eigenvalue weighted by atomic mass is 16.7. The second kappa shape index (κ2) is 7.13. The molecule has 112 valence electrons. The smallest absolute Gasteiger partial charge is 0.312 e. The van der Waals surface area contributed by atoms with E-state index in [2.05, 4.69) is 10.1 Å². The highest BCUT2D eigenvalue weighted by Crippen LogP contribution is 2.11. The highest BCUT2D eigenvalue weighted by Gasteiger charge is 2.11. The fourth-order valence-corrected chi connectivity index (χ4v) is 2.08. The number of benzene rings is 2. The first-order chi connectivity index (χ1) is 11.3. The van der Waals surface area contributed by atoms with Crippen molar-refractivity contribution < 1.29 is 9.63 Å². The van der Waals surface area contributed by atoms with Gasteiger partial charge in [0.05, 0.1) is 5.56 Å². The van der Waals surface area contributed by atoms with Gasteiger partial charge in [-0.3, -0.25) is 4.98 Å². The molecule has 0 saturated heterocycles. The lowest BCUT2D eigenvalue weighted by Crippen LogP contribution is -2.08. The number of oxime groups is 1. The Morgan fingerprint density at radius 2 is 1.39 bits per heavy atom. The summed E-state index contributed by atoms with van der Waals surface area (Å²) in [5.74, 6) is -0.497. The molecule has 2 aromatic carbocycles. The van der Waals surface area contributed by atoms with E-state index in [1.165, 1.54) is 0 Å². The Hall–Kier alpha value is -3.27. The third kappa shape index (κ3) is 3.68. The van der Waals surface area contributed by atoms with E-state index >= 15 is 0 Å². The third-order valence-corrected chi connectivity index (χ3v) is 3.21. The molecule has 3 rings (SSSR count). The Morgan fingerprint density at radius 1 is 0.783 bits per heavy atom. The van der Waals surface area contributed by atoms with E-state index in [0.717, 1.165) is 11.1 Å². The lowest BCUT2D eigenvalue weighted by molar-refractivity contribution is 0.0517. The summed E-state index contributed by atoms with van der Waals surface area (Å²) in [4.78, 5) is 21.3. The van der Waals surface area contributed by atoms with Crippen LogP contribution >= 0.6 is 0 Å². The summed E-state index contributed by atoms with van der Waals surface area (Å²) >= 11 is 0. The minimum Gasteiger partial charge on any atom is -0.312 e. The number of pyridine rings is 1. The van der Waals surface area contributed by atoms with Crippen molar-refractivity contribution >= 4 is 11.7 Å². The first kappa shape index (κ1) is 14.7. The number of rotatable bonds is 4. The van der Waals surface area contributed by atoms with Crippen molar-refractivity contribution in [3.8, 4) is 0 Å². The molecule has 0 unspecified atom stereocenters. The van der Waals surface area contributed by atoms with Crippen LogP contribution in [0.4, 0.5) is 0 Å². The van der Waals surface area contributed by atoms with Crippen molar-refractivity contribution in [1.29, 1.82) is 0 Å². The fraction of sp³-hybridized carbons (Fsp3) is 0. The molecule has 0 spiro atoms. The van der Waals surface area contributed by atoms with Crippen molar-refractivity contribution in [1.82, 2.24) is 4.98 Å². The Labute approximate surface area is 134 Å². The Kier molecular flexibility index (Phi) is 4.55. The molecule has 23 heavy (non-hydrogen) atoms. The molecule has 0 fully saturated rings. The maximum atomic E-state index is 12.1. The van der Waals surface area contributed by atoms with E-state index in [9.17, 15) is 4.79 Å². The van der Waals surface area contributed by atoms with Crippen molar-refractivity contribution in [2.75, 3.05) is 0 Å². The van der Waals surface area contributed by atoms with Gasteiger partial charge in [-0.15, -0.1) is 0 Å². The molecular weight excluding hydrogens is 288 g/mol. The van der Waals surface area contributed by atoms with E-state index in [0.29, 0.717) is 11.3 Å². The zero-order valence-corrected chi connectivity index (χ0v) is 12.3. The summed E-state index contributed by atoms with van der Waals surface area (Å²) in [5.41, 5.74) is 2.64. The molecule has 0 aliphatic heterocycles. The Morgan fingerprint density at radius 3 is 2.00 bits per heavy atom. The summed E-state index contributed by atoms with van der Waals surface area (Å²) < 4.78 is 0. The Bertz CT molecular complexity index is 759. The summed E-state index contributed by atoms with van der Waals surface area (Å²) in [5, 5.41) is 4.07. The van der Waals surface area contributed by atoms with Crippen LogP contribution < -0.4 is 0 Å². The summed E-state index contributed by atoms with van der Waals surface area (Å²) in [6.45, 7) is 0. The van der Waals surface area contributed by atoms with Gasteiger partial charge in [-0.1, -0.05) is 53.7 Å². The van der Waals surface area contributed by atoms with Crippen molar-refractivity contribution in [2.45, 2.75) is 0 Å². The first-order valence-corrected chi connectivity index (χ1v) is 7.15. The van der Waals surface area contributed by atoms with Crippen LogP contribution in [0.3, 0.4) is 0 Å². The molecule has 1 aromatic heterocycles. The predicted octanol–water partition coefficient (Wildman–Crippen LogP) is 3.69. The third-order valence-electron chi connectivity index (χ3n) is 3.21. The Balaban J connectivity index is 1.91. The molecule has 0 amide bonds. The van der Waals surface area contributed by atoms with Gasteiger partial charge in [0.1, 0.15) is 5.71 Å². The van der Waals surface area contributed by atoms with Gasteiger partial charge in [0.25, 0.3) is 0 Å². The monoisotopic (exact) mass is 302 g/mol. The molecule has 3 aromatic rings. The van der Waals surface area contributed by atoms with Crippen LogP contribution in [0.1, 0.15) is 21.5 Å². The van der Waals surface area contributed by atoms with Crippen molar-refractivity contribution in [2.24, 2.45) is 5.16 Å². The highest BCUT2D eigenvalue weighted by molar-refractivity contribution is 6.12. The fourth-order valence-electron chi connectivity index (χ4n) is 2.08. The zero-order valence-electron chi connectivity index (χ0n) is 12.3. The summed E-state index contributed by atoms with van der Waals surface area (Å²) in [6.07, 6.45) is 3.37. The molecule has 0 radical (unpaired) electrons. The number of hydrogen-bond donors (Lipinski definition) is 0. The molecule has 4 nitrogen and oxygen atoms in total. The van der Waals surface area contributed by atoms with Crippen LogP contribution in [0, 0.1) is 0 Å². The van der Waals surface area contributed by atoms with Gasteiger partial charge in [-0.25, -0.2) is 4.79 Å². The topological polar surface area (TPSA) is 51.5 Å². The van der Waals surface area contributed by atoms with E-state index < -0.39 is 5.97 Å². The molecule has 4 heteroatoms. The van der Waals surface area contributed by atoms with Crippen LogP contribution in [-0.2, 0) is 4.84 Å². The van der Waals surface area contributed by atoms with Gasteiger partial charge in [-0.05, 0) is 24.3 Å². The van der Waals surface area contributed by atoms with E-state index in [-0.39, 0.29) is 0 Å². The number of hydrogen-bond acceptors (Lipinski definition) is 4. The average Bonchev–Trinajstić information content (AvgIpc) is 2.64. The minimum absolute atomic E-state index is 0.454. The molecule has 0 saturated carbocycles. The van der Waals surface area contributed by atoms with Gasteiger partial charge in [0.15, 0.2) is 0 Å². The van der Waals surface area contributed by atoms with Gasteiger partial charge in [0, 0.05) is 23.5 Å². The van der Waals surface area contributed by atoms with Crippen LogP contribution in [0.2, 0.25) is 0 Å². The molecule has 0 atom stereocenters. The van der Waals surface area contributed by atoms with Gasteiger partial charge in [-0.2, -0.15) is 0 Å². The molecule has 0 aliphatic carbocycles. The molecule has 0 N–H and O–H groups in total. The molecule has 0 bridgehead atoms. The second-order valence-corrected chi connectivity index (χ2v) is 4.79. The quantitative estimate of drug-likeness (QED) is 0.419. The second-order valence-electron chi connectivity index (χ2n) is 4.79.